The molecule has 3 N–H and O–H groups in total. The third-order valence-electron chi connectivity index (χ3n) is 3.49. The first kappa shape index (κ1) is 20.7. The molecule has 0 saturated carbocycles. The molecule has 0 aliphatic heterocycles. The average molecular weight is 481 g/mol. The van der Waals surface area contributed by atoms with Gasteiger partial charge in [-0.2, -0.15) is 5.10 Å². The summed E-state index contributed by atoms with van der Waals surface area (Å²) in [4.78, 5) is 23.8. The zero-order valence-electron chi connectivity index (χ0n) is 15.0. The molecular formula is C19H20IN3O4. The maximum Gasteiger partial charge on any atom is 0.249 e. The molecule has 2 aromatic carbocycles. The van der Waals surface area contributed by atoms with Crippen molar-refractivity contribution in [3.05, 3.63) is 51.1 Å². The van der Waals surface area contributed by atoms with E-state index in [2.05, 4.69) is 15.8 Å². The molecule has 2 amide bonds. The molecule has 142 valence electrons. The lowest BCUT2D eigenvalue weighted by Crippen LogP contribution is -2.24. The first-order chi connectivity index (χ1) is 12.9. The standard InChI is InChI=1S/C19H20IN3O4/c1-3-27-16-9-13(8-14(20)19(16)26)11-21-23-18(25)10-17(24)22-15-7-5-4-6-12(15)2/h4-9,11,26H,3,10H2,1-2H3,(H,22,24)(H,23,25)/b21-11+. The number of ether oxygens (including phenoxy) is 1. The smallest absolute Gasteiger partial charge is 0.249 e. The van der Waals surface area contributed by atoms with Gasteiger partial charge in [0.15, 0.2) is 11.5 Å². The Morgan fingerprint density at radius 1 is 1.26 bits per heavy atom. The van der Waals surface area contributed by atoms with Crippen LogP contribution in [0.3, 0.4) is 0 Å². The van der Waals surface area contributed by atoms with Crippen molar-refractivity contribution >= 4 is 46.3 Å². The van der Waals surface area contributed by atoms with Crippen LogP contribution in [0.1, 0.15) is 24.5 Å². The van der Waals surface area contributed by atoms with E-state index in [9.17, 15) is 14.7 Å². The van der Waals surface area contributed by atoms with Gasteiger partial charge in [0.05, 0.1) is 16.4 Å². The summed E-state index contributed by atoms with van der Waals surface area (Å²) in [7, 11) is 0. The molecule has 0 radical (unpaired) electrons. The molecule has 27 heavy (non-hydrogen) atoms. The molecule has 0 fully saturated rings. The van der Waals surface area contributed by atoms with Crippen LogP contribution in [0.15, 0.2) is 41.5 Å². The van der Waals surface area contributed by atoms with Crippen LogP contribution in [0.2, 0.25) is 0 Å². The van der Waals surface area contributed by atoms with Gasteiger partial charge in [0, 0.05) is 5.69 Å². The summed E-state index contributed by atoms with van der Waals surface area (Å²) in [6, 6.07) is 10.6. The molecule has 0 bridgehead atoms. The second-order valence-electron chi connectivity index (χ2n) is 5.62. The summed E-state index contributed by atoms with van der Waals surface area (Å²) in [5.41, 5.74) is 4.54. The highest BCUT2D eigenvalue weighted by Crippen LogP contribution is 2.32. The molecule has 2 aromatic rings. The molecule has 0 saturated heterocycles. The van der Waals surface area contributed by atoms with E-state index < -0.39 is 11.8 Å². The van der Waals surface area contributed by atoms with E-state index in [-0.39, 0.29) is 12.2 Å². The number of hydrazone groups is 1. The number of hydrogen-bond acceptors (Lipinski definition) is 5. The second-order valence-corrected chi connectivity index (χ2v) is 6.78. The predicted octanol–water partition coefficient (Wildman–Crippen LogP) is 3.18. The maximum atomic E-state index is 11.9. The fourth-order valence-corrected chi connectivity index (χ4v) is 2.83. The number of halogens is 1. The highest BCUT2D eigenvalue weighted by Gasteiger charge is 2.11. The Kier molecular flexibility index (Phi) is 7.59. The van der Waals surface area contributed by atoms with E-state index >= 15 is 0 Å². The number of carbonyl (C=O) groups excluding carboxylic acids is 2. The fraction of sp³-hybridized carbons (Fsp3) is 0.211. The summed E-state index contributed by atoms with van der Waals surface area (Å²) in [6.45, 7) is 4.10. The van der Waals surface area contributed by atoms with Gasteiger partial charge in [-0.15, -0.1) is 0 Å². The van der Waals surface area contributed by atoms with Crippen molar-refractivity contribution in [2.75, 3.05) is 11.9 Å². The predicted molar refractivity (Wildman–Crippen MR) is 112 cm³/mol. The SMILES string of the molecule is CCOc1cc(/C=N/NC(=O)CC(=O)Nc2ccccc2C)cc(I)c1O. The summed E-state index contributed by atoms with van der Waals surface area (Å²) < 4.78 is 5.95. The van der Waals surface area contributed by atoms with E-state index in [1.807, 2.05) is 54.6 Å². The number of carbonyl (C=O) groups is 2. The number of amides is 2. The normalized spacial score (nSPS) is 10.6. The van der Waals surface area contributed by atoms with Crippen molar-refractivity contribution in [3.8, 4) is 11.5 Å². The lowest BCUT2D eigenvalue weighted by molar-refractivity contribution is -0.126. The largest absolute Gasteiger partial charge is 0.504 e. The molecular weight excluding hydrogens is 461 g/mol. The number of benzene rings is 2. The van der Waals surface area contributed by atoms with Crippen LogP contribution in [0, 0.1) is 10.5 Å². The van der Waals surface area contributed by atoms with Crippen molar-refractivity contribution in [1.82, 2.24) is 5.43 Å². The van der Waals surface area contributed by atoms with Crippen molar-refractivity contribution in [2.45, 2.75) is 20.3 Å². The van der Waals surface area contributed by atoms with E-state index in [0.717, 1.165) is 5.56 Å². The summed E-state index contributed by atoms with van der Waals surface area (Å²) in [5, 5.41) is 16.4. The van der Waals surface area contributed by atoms with E-state index in [4.69, 9.17) is 4.74 Å². The minimum Gasteiger partial charge on any atom is -0.504 e. The van der Waals surface area contributed by atoms with Gasteiger partial charge in [-0.05, 0) is 65.8 Å². The molecule has 0 unspecified atom stereocenters. The van der Waals surface area contributed by atoms with Gasteiger partial charge in [0.25, 0.3) is 0 Å². The number of hydrogen-bond donors (Lipinski definition) is 3. The number of phenolic OH excluding ortho intramolecular Hbond substituents is 1. The van der Waals surface area contributed by atoms with Crippen molar-refractivity contribution in [3.63, 3.8) is 0 Å². The third kappa shape index (κ3) is 6.24. The van der Waals surface area contributed by atoms with Gasteiger partial charge >= 0.3 is 0 Å². The quantitative estimate of drug-likeness (QED) is 0.245. The Balaban J connectivity index is 1.91. The lowest BCUT2D eigenvalue weighted by Gasteiger charge is -2.08. The lowest BCUT2D eigenvalue weighted by atomic mass is 10.2. The summed E-state index contributed by atoms with van der Waals surface area (Å²) >= 11 is 1.98. The molecule has 0 aromatic heterocycles. The first-order valence-electron chi connectivity index (χ1n) is 8.23. The zero-order chi connectivity index (χ0) is 19.8. The molecule has 2 rings (SSSR count). The Morgan fingerprint density at radius 2 is 2.00 bits per heavy atom. The van der Waals surface area contributed by atoms with Crippen LogP contribution in [-0.2, 0) is 9.59 Å². The van der Waals surface area contributed by atoms with E-state index in [0.29, 0.717) is 27.2 Å². The number of rotatable bonds is 7. The number of para-hydroxylation sites is 1. The number of anilines is 1. The minimum absolute atomic E-state index is 0.0616. The Morgan fingerprint density at radius 3 is 2.70 bits per heavy atom. The highest BCUT2D eigenvalue weighted by atomic mass is 127. The van der Waals surface area contributed by atoms with Gasteiger partial charge in [0.2, 0.25) is 11.8 Å². The summed E-state index contributed by atoms with van der Waals surface area (Å²) in [6.07, 6.45) is 1.07. The van der Waals surface area contributed by atoms with Gasteiger partial charge in [-0.1, -0.05) is 18.2 Å². The molecule has 0 atom stereocenters. The Labute approximate surface area is 171 Å². The molecule has 7 nitrogen and oxygen atoms in total. The van der Waals surface area contributed by atoms with Crippen LogP contribution >= 0.6 is 22.6 Å². The number of aryl methyl sites for hydroxylation is 1. The van der Waals surface area contributed by atoms with Gasteiger partial charge < -0.3 is 15.2 Å². The Hall–Kier alpha value is -2.62. The van der Waals surface area contributed by atoms with Gasteiger partial charge in [0.1, 0.15) is 6.42 Å². The van der Waals surface area contributed by atoms with Crippen LogP contribution in [0.25, 0.3) is 0 Å². The number of nitrogens with zero attached hydrogens (tertiary/aromatic N) is 1. The molecule has 0 spiro atoms. The van der Waals surface area contributed by atoms with Crippen molar-refractivity contribution in [1.29, 1.82) is 0 Å². The van der Waals surface area contributed by atoms with Crippen molar-refractivity contribution in [2.24, 2.45) is 5.10 Å². The topological polar surface area (TPSA) is 100 Å². The number of nitrogens with one attached hydrogen (secondary N) is 2. The van der Waals surface area contributed by atoms with E-state index in [1.165, 1.54) is 6.21 Å². The average Bonchev–Trinajstić information content (AvgIpc) is 2.61. The van der Waals surface area contributed by atoms with Crippen LogP contribution in [0.5, 0.6) is 11.5 Å². The number of aromatic hydroxyl groups is 1. The van der Waals surface area contributed by atoms with Crippen LogP contribution in [0.4, 0.5) is 5.69 Å². The third-order valence-corrected chi connectivity index (χ3v) is 4.32. The second kappa shape index (κ2) is 9.91. The first-order valence-corrected chi connectivity index (χ1v) is 9.31. The molecule has 0 aliphatic rings. The summed E-state index contributed by atoms with van der Waals surface area (Å²) in [5.74, 6) is -0.549. The highest BCUT2D eigenvalue weighted by molar-refractivity contribution is 14.1. The molecule has 0 aliphatic carbocycles. The van der Waals surface area contributed by atoms with Crippen LogP contribution < -0.4 is 15.5 Å². The van der Waals surface area contributed by atoms with E-state index in [1.54, 1.807) is 18.2 Å². The van der Waals surface area contributed by atoms with Crippen LogP contribution in [-0.4, -0.2) is 29.7 Å². The maximum absolute atomic E-state index is 11.9. The fourth-order valence-electron chi connectivity index (χ4n) is 2.21. The van der Waals surface area contributed by atoms with Crippen molar-refractivity contribution < 1.29 is 19.4 Å². The zero-order valence-corrected chi connectivity index (χ0v) is 17.1. The molecule has 0 heterocycles. The van der Waals surface area contributed by atoms with Gasteiger partial charge in [-0.25, -0.2) is 5.43 Å². The molecule has 8 heteroatoms. The number of phenols is 1. The Bertz CT molecular complexity index is 868. The monoisotopic (exact) mass is 481 g/mol. The van der Waals surface area contributed by atoms with Gasteiger partial charge in [-0.3, -0.25) is 9.59 Å². The minimum atomic E-state index is -0.532.